The summed E-state index contributed by atoms with van der Waals surface area (Å²) in [5, 5.41) is 34.9. The Morgan fingerprint density at radius 2 is 1.03 bits per heavy atom. The van der Waals surface area contributed by atoms with Crippen molar-refractivity contribution >= 4 is 44.8 Å². The van der Waals surface area contributed by atoms with Crippen molar-refractivity contribution in [2.45, 2.75) is 4.90 Å². The fourth-order valence-electron chi connectivity index (χ4n) is 2.59. The van der Waals surface area contributed by atoms with E-state index in [1.807, 2.05) is 0 Å². The Morgan fingerprint density at radius 1 is 0.594 bits per heavy atom. The van der Waals surface area contributed by atoms with Crippen molar-refractivity contribution < 1.29 is 52.6 Å². The van der Waals surface area contributed by atoms with Crippen LogP contribution in [0.25, 0.3) is 10.8 Å². The molecule has 0 fully saturated rings. The number of hydrogen-bond acceptors (Lipinski definition) is 6. The van der Waals surface area contributed by atoms with E-state index in [9.17, 15) is 27.6 Å². The minimum Gasteiger partial charge on any atom is -0.478 e. The lowest BCUT2D eigenvalue weighted by Gasteiger charge is -2.07. The lowest BCUT2D eigenvalue weighted by Crippen LogP contribution is -2.04. The highest BCUT2D eigenvalue weighted by Crippen LogP contribution is 2.26. The van der Waals surface area contributed by atoms with Gasteiger partial charge in [-0.3, -0.25) is 4.55 Å². The molecule has 5 N–H and O–H groups in total. The third kappa shape index (κ3) is 5.65. The molecule has 0 bridgehead atoms. The lowest BCUT2D eigenvalue weighted by atomic mass is 10.0. The summed E-state index contributed by atoms with van der Waals surface area (Å²) in [5.41, 5.74) is -0.529. The molecule has 3 aromatic rings. The van der Waals surface area contributed by atoms with Gasteiger partial charge in [0.1, 0.15) is 4.90 Å². The second-order valence-corrected chi connectivity index (χ2v) is 7.58. The molecule has 0 atom stereocenters. The minimum atomic E-state index is -4.63. The number of carboxylic acid groups (broad SMARTS) is 4. The van der Waals surface area contributed by atoms with Crippen molar-refractivity contribution in [1.29, 1.82) is 0 Å². The Morgan fingerprint density at radius 3 is 1.47 bits per heavy atom. The molecule has 0 aliphatic heterocycles. The Labute approximate surface area is 179 Å². The van der Waals surface area contributed by atoms with E-state index in [1.165, 1.54) is 30.3 Å². The van der Waals surface area contributed by atoms with E-state index in [2.05, 4.69) is 0 Å². The van der Waals surface area contributed by atoms with Crippen LogP contribution in [0, 0.1) is 0 Å². The first kappa shape index (κ1) is 24.0. The monoisotopic (exact) mass is 462 g/mol. The molecule has 0 saturated heterocycles. The van der Waals surface area contributed by atoms with Crippen LogP contribution in [0.2, 0.25) is 0 Å². The predicted octanol–water partition coefficient (Wildman–Crippen LogP) is 2.57. The molecular formula is C20H14O11S. The SMILES string of the molecule is O=C(O)c1ccc2c(S(=O)(=O)O)cc(C(=O)O)cc2c1.O=C(O)c1cccc(C(=O)O)c1. The van der Waals surface area contributed by atoms with Crippen LogP contribution in [0.4, 0.5) is 0 Å². The fourth-order valence-corrected chi connectivity index (χ4v) is 3.33. The number of carboxylic acids is 4. The van der Waals surface area contributed by atoms with Gasteiger partial charge in [0, 0.05) is 5.39 Å². The molecule has 0 amide bonds. The highest BCUT2D eigenvalue weighted by molar-refractivity contribution is 7.86. The van der Waals surface area contributed by atoms with Gasteiger partial charge in [-0.25, -0.2) is 19.2 Å². The largest absolute Gasteiger partial charge is 0.478 e. The molecule has 0 aromatic heterocycles. The van der Waals surface area contributed by atoms with Gasteiger partial charge in [-0.05, 0) is 47.9 Å². The number of aromatic carboxylic acids is 4. The molecule has 3 aromatic carbocycles. The summed E-state index contributed by atoms with van der Waals surface area (Å²) in [6, 6.07) is 10.7. The smallest absolute Gasteiger partial charge is 0.335 e. The molecule has 12 heteroatoms. The summed E-state index contributed by atoms with van der Waals surface area (Å²) in [5.74, 6) is -4.88. The van der Waals surface area contributed by atoms with Crippen molar-refractivity contribution in [2.75, 3.05) is 0 Å². The van der Waals surface area contributed by atoms with Crippen molar-refractivity contribution in [3.63, 3.8) is 0 Å². The Kier molecular flexibility index (Phi) is 6.93. The first-order valence-electron chi connectivity index (χ1n) is 8.40. The third-order valence-electron chi connectivity index (χ3n) is 4.04. The maximum Gasteiger partial charge on any atom is 0.335 e. The molecule has 0 heterocycles. The molecule has 11 nitrogen and oxygen atoms in total. The van der Waals surface area contributed by atoms with Gasteiger partial charge in [-0.1, -0.05) is 12.1 Å². The normalized spacial score (nSPS) is 10.7. The third-order valence-corrected chi connectivity index (χ3v) is 4.94. The van der Waals surface area contributed by atoms with Gasteiger partial charge in [0.2, 0.25) is 0 Å². The quantitative estimate of drug-likeness (QED) is 0.348. The number of carbonyl (C=O) groups is 4. The Hall–Kier alpha value is -4.29. The van der Waals surface area contributed by atoms with E-state index < -0.39 is 38.9 Å². The zero-order valence-corrected chi connectivity index (χ0v) is 16.6. The second-order valence-electron chi connectivity index (χ2n) is 6.19. The van der Waals surface area contributed by atoms with Crippen LogP contribution in [-0.2, 0) is 10.1 Å². The summed E-state index contributed by atoms with van der Waals surface area (Å²) in [6.45, 7) is 0. The summed E-state index contributed by atoms with van der Waals surface area (Å²) >= 11 is 0. The molecule has 0 aliphatic carbocycles. The summed E-state index contributed by atoms with van der Waals surface area (Å²) in [6.07, 6.45) is 0. The van der Waals surface area contributed by atoms with Gasteiger partial charge in [0.15, 0.2) is 0 Å². The van der Waals surface area contributed by atoms with E-state index in [1.54, 1.807) is 0 Å². The van der Waals surface area contributed by atoms with Crippen molar-refractivity contribution in [1.82, 2.24) is 0 Å². The number of rotatable bonds is 5. The highest BCUT2D eigenvalue weighted by atomic mass is 32.2. The van der Waals surface area contributed by atoms with E-state index in [0.29, 0.717) is 0 Å². The van der Waals surface area contributed by atoms with Gasteiger partial charge >= 0.3 is 23.9 Å². The van der Waals surface area contributed by atoms with E-state index in [-0.39, 0.29) is 33.0 Å². The average molecular weight is 462 g/mol. The number of benzene rings is 3. The van der Waals surface area contributed by atoms with E-state index in [4.69, 9.17) is 25.0 Å². The second kappa shape index (κ2) is 9.24. The standard InChI is InChI=1S/C12H8O7S.C8H6O4/c13-11(14)6-1-2-9-7(3-6)4-8(12(15)16)5-10(9)20(17,18)19;9-7(10)5-2-1-3-6(4-5)8(11)12/h1-5H,(H,13,14)(H,15,16)(H,17,18,19);1-4H,(H,9,10)(H,11,12). The van der Waals surface area contributed by atoms with Crippen molar-refractivity contribution in [3.8, 4) is 0 Å². The number of fused-ring (bicyclic) bond motifs is 1. The van der Waals surface area contributed by atoms with Gasteiger partial charge in [-0.15, -0.1) is 0 Å². The minimum absolute atomic E-state index is 0.0186. The van der Waals surface area contributed by atoms with Crippen LogP contribution in [0.15, 0.2) is 59.5 Å². The molecule has 0 aliphatic rings. The first-order chi connectivity index (χ1) is 14.8. The molecule has 3 rings (SSSR count). The zero-order valence-electron chi connectivity index (χ0n) is 15.8. The lowest BCUT2D eigenvalue weighted by molar-refractivity contribution is 0.0680. The highest BCUT2D eigenvalue weighted by Gasteiger charge is 2.19. The zero-order chi connectivity index (χ0) is 24.2. The Bertz CT molecular complexity index is 1320. The summed E-state index contributed by atoms with van der Waals surface area (Å²) < 4.78 is 31.7. The molecule has 0 saturated carbocycles. The van der Waals surface area contributed by atoms with Crippen LogP contribution in [-0.4, -0.2) is 57.3 Å². The number of hydrogen-bond donors (Lipinski definition) is 5. The maximum atomic E-state index is 11.3. The van der Waals surface area contributed by atoms with Gasteiger partial charge in [0.25, 0.3) is 10.1 Å². The molecule has 0 radical (unpaired) electrons. The summed E-state index contributed by atoms with van der Waals surface area (Å²) in [4.78, 5) is 42.0. The van der Waals surface area contributed by atoms with Crippen LogP contribution in [0.1, 0.15) is 41.4 Å². The summed E-state index contributed by atoms with van der Waals surface area (Å²) in [7, 11) is -4.63. The van der Waals surface area contributed by atoms with Crippen LogP contribution >= 0.6 is 0 Å². The average Bonchev–Trinajstić information content (AvgIpc) is 2.72. The van der Waals surface area contributed by atoms with Gasteiger partial charge < -0.3 is 20.4 Å². The fraction of sp³-hybridized carbons (Fsp3) is 0. The molecular weight excluding hydrogens is 448 g/mol. The van der Waals surface area contributed by atoms with Gasteiger partial charge in [0.05, 0.1) is 22.3 Å². The molecule has 32 heavy (non-hydrogen) atoms. The maximum absolute atomic E-state index is 11.3. The molecule has 0 unspecified atom stereocenters. The van der Waals surface area contributed by atoms with Crippen molar-refractivity contribution in [3.05, 3.63) is 76.9 Å². The predicted molar refractivity (Wildman–Crippen MR) is 108 cm³/mol. The van der Waals surface area contributed by atoms with Crippen LogP contribution in [0.5, 0.6) is 0 Å². The molecule has 0 spiro atoms. The van der Waals surface area contributed by atoms with E-state index >= 15 is 0 Å². The van der Waals surface area contributed by atoms with Crippen LogP contribution in [0.3, 0.4) is 0 Å². The molecule has 166 valence electrons. The van der Waals surface area contributed by atoms with E-state index in [0.717, 1.165) is 24.3 Å². The topological polar surface area (TPSA) is 204 Å². The van der Waals surface area contributed by atoms with Gasteiger partial charge in [-0.2, -0.15) is 8.42 Å². The van der Waals surface area contributed by atoms with Crippen LogP contribution < -0.4 is 0 Å². The first-order valence-corrected chi connectivity index (χ1v) is 9.84. The van der Waals surface area contributed by atoms with Crippen molar-refractivity contribution in [2.24, 2.45) is 0 Å². The Balaban J connectivity index is 0.000000258.